The molecule has 2 atom stereocenters. The maximum Gasteiger partial charge on any atom is 0.233 e. The highest BCUT2D eigenvalue weighted by Crippen LogP contribution is 2.20. The standard InChI is InChI=1S/C15H18FN5O2S/c1-10-7-20(8-11(2)23-10)14(22)9-24-15-17-18-19-21(15)13-5-3-4-12(16)6-13/h3-6,10-11H,7-9H2,1-2H3/t10-,11-/m0/s1. The molecule has 1 saturated heterocycles. The Hall–Kier alpha value is -2.00. The fraction of sp³-hybridized carbons (Fsp3) is 0.467. The molecule has 0 radical (unpaired) electrons. The monoisotopic (exact) mass is 351 g/mol. The minimum Gasteiger partial charge on any atom is -0.372 e. The molecule has 3 rings (SSSR count). The first kappa shape index (κ1) is 16.8. The second-order valence-electron chi connectivity index (χ2n) is 5.70. The number of nitrogens with zero attached hydrogens (tertiary/aromatic N) is 5. The van der Waals surface area contributed by atoms with E-state index in [0.29, 0.717) is 23.9 Å². The third kappa shape index (κ3) is 3.90. The number of ether oxygens (including phenoxy) is 1. The van der Waals surface area contributed by atoms with E-state index in [9.17, 15) is 9.18 Å². The number of benzene rings is 1. The number of tetrazole rings is 1. The highest BCUT2D eigenvalue weighted by Gasteiger charge is 2.26. The molecule has 1 aromatic carbocycles. The maximum atomic E-state index is 13.4. The van der Waals surface area contributed by atoms with E-state index in [-0.39, 0.29) is 29.7 Å². The number of hydrogen-bond acceptors (Lipinski definition) is 6. The van der Waals surface area contributed by atoms with Crippen molar-refractivity contribution >= 4 is 17.7 Å². The zero-order valence-electron chi connectivity index (χ0n) is 13.4. The van der Waals surface area contributed by atoms with Crippen LogP contribution in [0.3, 0.4) is 0 Å². The summed E-state index contributed by atoms with van der Waals surface area (Å²) in [6, 6.07) is 5.98. The Labute approximate surface area is 143 Å². The van der Waals surface area contributed by atoms with Crippen molar-refractivity contribution in [3.05, 3.63) is 30.1 Å². The van der Waals surface area contributed by atoms with E-state index in [2.05, 4.69) is 15.5 Å². The number of thioether (sulfide) groups is 1. The Bertz CT molecular complexity index is 715. The van der Waals surface area contributed by atoms with Gasteiger partial charge >= 0.3 is 0 Å². The van der Waals surface area contributed by atoms with Crippen molar-refractivity contribution in [3.63, 3.8) is 0 Å². The van der Waals surface area contributed by atoms with Gasteiger partial charge in [0, 0.05) is 13.1 Å². The largest absolute Gasteiger partial charge is 0.372 e. The molecule has 1 fully saturated rings. The first-order valence-electron chi connectivity index (χ1n) is 7.63. The maximum absolute atomic E-state index is 13.4. The summed E-state index contributed by atoms with van der Waals surface area (Å²) in [5.74, 6) is -0.142. The van der Waals surface area contributed by atoms with Crippen LogP contribution in [0, 0.1) is 5.82 Å². The molecule has 2 aromatic rings. The molecule has 0 saturated carbocycles. The predicted octanol–water partition coefficient (Wildman–Crippen LogP) is 1.53. The molecule has 24 heavy (non-hydrogen) atoms. The number of rotatable bonds is 4. The minimum absolute atomic E-state index is 0.00999. The van der Waals surface area contributed by atoms with Gasteiger partial charge in [-0.25, -0.2) is 4.39 Å². The van der Waals surface area contributed by atoms with E-state index in [0.717, 1.165) is 0 Å². The van der Waals surface area contributed by atoms with Crippen LogP contribution in [0.2, 0.25) is 0 Å². The van der Waals surface area contributed by atoms with Crippen LogP contribution in [-0.2, 0) is 9.53 Å². The highest BCUT2D eigenvalue weighted by molar-refractivity contribution is 7.99. The minimum atomic E-state index is -0.369. The van der Waals surface area contributed by atoms with Gasteiger partial charge < -0.3 is 9.64 Å². The Balaban J connectivity index is 1.65. The number of morpholine rings is 1. The zero-order chi connectivity index (χ0) is 17.1. The van der Waals surface area contributed by atoms with Crippen molar-refractivity contribution in [2.75, 3.05) is 18.8 Å². The van der Waals surface area contributed by atoms with Gasteiger partial charge in [0.2, 0.25) is 11.1 Å². The first-order chi connectivity index (χ1) is 11.5. The fourth-order valence-corrected chi connectivity index (χ4v) is 3.43. The molecule has 1 aliphatic rings. The van der Waals surface area contributed by atoms with Crippen LogP contribution in [0.25, 0.3) is 5.69 Å². The Morgan fingerprint density at radius 1 is 1.38 bits per heavy atom. The van der Waals surface area contributed by atoms with Gasteiger partial charge in [0.15, 0.2) is 0 Å². The molecular weight excluding hydrogens is 333 g/mol. The molecule has 1 aliphatic heterocycles. The normalized spacial score (nSPS) is 21.0. The average Bonchev–Trinajstić information content (AvgIpc) is 3.00. The van der Waals surface area contributed by atoms with Crippen LogP contribution in [0.5, 0.6) is 0 Å². The van der Waals surface area contributed by atoms with Gasteiger partial charge in [-0.3, -0.25) is 4.79 Å². The summed E-state index contributed by atoms with van der Waals surface area (Å²) in [5, 5.41) is 11.8. The topological polar surface area (TPSA) is 73.1 Å². The molecule has 1 aromatic heterocycles. The number of carbonyl (C=O) groups is 1. The average molecular weight is 351 g/mol. The van der Waals surface area contributed by atoms with Gasteiger partial charge in [-0.15, -0.1) is 5.10 Å². The lowest BCUT2D eigenvalue weighted by Crippen LogP contribution is -2.48. The number of halogens is 1. The Morgan fingerprint density at radius 3 is 2.83 bits per heavy atom. The summed E-state index contributed by atoms with van der Waals surface area (Å²) in [6.07, 6.45) is 0.0561. The molecule has 1 amide bonds. The second-order valence-corrected chi connectivity index (χ2v) is 6.64. The summed E-state index contributed by atoms with van der Waals surface area (Å²) in [5.41, 5.74) is 0.517. The van der Waals surface area contributed by atoms with Gasteiger partial charge in [-0.1, -0.05) is 17.8 Å². The molecule has 0 aliphatic carbocycles. The second kappa shape index (κ2) is 7.27. The molecule has 0 spiro atoms. The van der Waals surface area contributed by atoms with Crippen LogP contribution in [0.4, 0.5) is 4.39 Å². The summed E-state index contributed by atoms with van der Waals surface area (Å²) in [6.45, 7) is 5.07. The molecular formula is C15H18FN5O2S. The van der Waals surface area contributed by atoms with Crippen molar-refractivity contribution in [2.45, 2.75) is 31.2 Å². The van der Waals surface area contributed by atoms with Crippen molar-refractivity contribution in [3.8, 4) is 5.69 Å². The van der Waals surface area contributed by atoms with E-state index in [4.69, 9.17) is 4.74 Å². The van der Waals surface area contributed by atoms with Crippen LogP contribution in [-0.4, -0.2) is 62.1 Å². The van der Waals surface area contributed by atoms with Crippen molar-refractivity contribution in [1.82, 2.24) is 25.1 Å². The van der Waals surface area contributed by atoms with Crippen molar-refractivity contribution in [2.24, 2.45) is 0 Å². The molecule has 7 nitrogen and oxygen atoms in total. The molecule has 128 valence electrons. The van der Waals surface area contributed by atoms with Crippen molar-refractivity contribution in [1.29, 1.82) is 0 Å². The summed E-state index contributed by atoms with van der Waals surface area (Å²) >= 11 is 1.23. The van der Waals surface area contributed by atoms with E-state index in [1.807, 2.05) is 13.8 Å². The van der Waals surface area contributed by atoms with E-state index < -0.39 is 0 Å². The van der Waals surface area contributed by atoms with E-state index in [1.54, 1.807) is 17.0 Å². The molecule has 2 heterocycles. The first-order valence-corrected chi connectivity index (χ1v) is 8.62. The number of amides is 1. The number of carbonyl (C=O) groups excluding carboxylic acids is 1. The van der Waals surface area contributed by atoms with Gasteiger partial charge in [-0.2, -0.15) is 4.68 Å². The SMILES string of the molecule is C[C@H]1CN(C(=O)CSc2nnnn2-c2cccc(F)c2)C[C@H](C)O1. The van der Waals surface area contributed by atoms with E-state index >= 15 is 0 Å². The van der Waals surface area contributed by atoms with E-state index in [1.165, 1.54) is 28.6 Å². The molecule has 0 unspecified atom stereocenters. The lowest BCUT2D eigenvalue weighted by molar-refractivity contribution is -0.140. The summed E-state index contributed by atoms with van der Waals surface area (Å²) in [4.78, 5) is 14.2. The van der Waals surface area contributed by atoms with Gasteiger partial charge in [-0.05, 0) is 42.5 Å². The van der Waals surface area contributed by atoms with Gasteiger partial charge in [0.1, 0.15) is 5.82 Å². The molecule has 0 bridgehead atoms. The highest BCUT2D eigenvalue weighted by atomic mass is 32.2. The van der Waals surface area contributed by atoms with Crippen molar-refractivity contribution < 1.29 is 13.9 Å². The Kier molecular flexibility index (Phi) is 5.10. The predicted molar refractivity (Wildman–Crippen MR) is 86.4 cm³/mol. The van der Waals surface area contributed by atoms with Gasteiger partial charge in [0.25, 0.3) is 0 Å². The third-order valence-corrected chi connectivity index (χ3v) is 4.49. The van der Waals surface area contributed by atoms with Crippen LogP contribution in [0.1, 0.15) is 13.8 Å². The lowest BCUT2D eigenvalue weighted by atomic mass is 10.2. The van der Waals surface area contributed by atoms with Crippen LogP contribution in [0.15, 0.2) is 29.4 Å². The number of hydrogen-bond donors (Lipinski definition) is 0. The quantitative estimate of drug-likeness (QED) is 0.778. The number of aromatic nitrogens is 4. The third-order valence-electron chi connectivity index (χ3n) is 3.59. The lowest BCUT2D eigenvalue weighted by Gasteiger charge is -2.35. The molecule has 9 heteroatoms. The Morgan fingerprint density at radius 2 is 2.12 bits per heavy atom. The van der Waals surface area contributed by atoms with Gasteiger partial charge in [0.05, 0.1) is 23.6 Å². The van der Waals surface area contributed by atoms with Crippen LogP contribution >= 0.6 is 11.8 Å². The summed E-state index contributed by atoms with van der Waals surface area (Å²) in [7, 11) is 0. The fourth-order valence-electron chi connectivity index (χ4n) is 2.64. The smallest absolute Gasteiger partial charge is 0.233 e. The molecule has 0 N–H and O–H groups in total. The van der Waals surface area contributed by atoms with Crippen LogP contribution < -0.4 is 0 Å². The summed E-state index contributed by atoms with van der Waals surface area (Å²) < 4.78 is 20.4. The zero-order valence-corrected chi connectivity index (χ0v) is 14.2.